The number of hydrogen-bond acceptors (Lipinski definition) is 4. The van der Waals surface area contributed by atoms with Crippen LogP contribution in [-0.2, 0) is 22.7 Å². The Morgan fingerprint density at radius 3 is 2.45 bits per heavy atom. The number of aliphatic carboxylic acids is 1. The molecule has 1 aromatic carbocycles. The molecule has 1 aromatic rings. The standard InChI is InChI=1S/C14H21N3O3/c1-17(2)9-11-6-4-3-5-10(11)8-16-14(20)12(15)7-13(18)19/h3-6,12H,7-9,15H2,1-2H3,(H,16,20)(H,18,19). The molecule has 0 aromatic heterocycles. The smallest absolute Gasteiger partial charge is 0.305 e. The minimum atomic E-state index is -1.08. The molecular formula is C14H21N3O3. The molecular weight excluding hydrogens is 258 g/mol. The van der Waals surface area contributed by atoms with Crippen molar-refractivity contribution in [3.63, 3.8) is 0 Å². The first-order valence-corrected chi connectivity index (χ1v) is 6.36. The van der Waals surface area contributed by atoms with Crippen molar-refractivity contribution in [2.75, 3.05) is 14.1 Å². The lowest BCUT2D eigenvalue weighted by Gasteiger charge is -2.15. The molecule has 1 amide bonds. The molecule has 110 valence electrons. The van der Waals surface area contributed by atoms with Crippen LogP contribution in [0.2, 0.25) is 0 Å². The van der Waals surface area contributed by atoms with E-state index in [1.165, 1.54) is 0 Å². The maximum atomic E-state index is 11.7. The van der Waals surface area contributed by atoms with Crippen LogP contribution in [0.4, 0.5) is 0 Å². The molecule has 0 bridgehead atoms. The molecule has 0 saturated carbocycles. The summed E-state index contributed by atoms with van der Waals surface area (Å²) < 4.78 is 0. The third-order valence-corrected chi connectivity index (χ3v) is 2.79. The summed E-state index contributed by atoms with van der Waals surface area (Å²) in [6.07, 6.45) is -0.370. The van der Waals surface area contributed by atoms with E-state index in [1.54, 1.807) is 0 Å². The van der Waals surface area contributed by atoms with E-state index in [2.05, 4.69) is 5.32 Å². The quantitative estimate of drug-likeness (QED) is 0.661. The highest BCUT2D eigenvalue weighted by Gasteiger charge is 2.16. The van der Waals surface area contributed by atoms with Crippen molar-refractivity contribution < 1.29 is 14.7 Å². The van der Waals surface area contributed by atoms with Gasteiger partial charge in [-0.25, -0.2) is 0 Å². The van der Waals surface area contributed by atoms with Crippen molar-refractivity contribution in [3.8, 4) is 0 Å². The second-order valence-corrected chi connectivity index (χ2v) is 4.93. The number of carboxylic acid groups (broad SMARTS) is 1. The van der Waals surface area contributed by atoms with E-state index in [4.69, 9.17) is 10.8 Å². The van der Waals surface area contributed by atoms with Gasteiger partial charge in [-0.3, -0.25) is 9.59 Å². The third-order valence-electron chi connectivity index (χ3n) is 2.79. The fraction of sp³-hybridized carbons (Fsp3) is 0.429. The lowest BCUT2D eigenvalue weighted by molar-refractivity contribution is -0.139. The Bertz CT molecular complexity index is 474. The van der Waals surface area contributed by atoms with Crippen LogP contribution in [0.15, 0.2) is 24.3 Å². The number of nitrogens with one attached hydrogen (secondary N) is 1. The second kappa shape index (κ2) is 7.62. The fourth-order valence-corrected chi connectivity index (χ4v) is 1.82. The number of carboxylic acids is 1. The molecule has 0 aliphatic rings. The normalized spacial score (nSPS) is 12.2. The summed E-state index contributed by atoms with van der Waals surface area (Å²) >= 11 is 0. The molecule has 1 unspecified atom stereocenters. The summed E-state index contributed by atoms with van der Waals surface area (Å²) in [5.74, 6) is -1.53. The molecule has 0 fully saturated rings. The zero-order valence-corrected chi connectivity index (χ0v) is 11.8. The van der Waals surface area contributed by atoms with Crippen molar-refractivity contribution >= 4 is 11.9 Å². The highest BCUT2D eigenvalue weighted by atomic mass is 16.4. The first kappa shape index (κ1) is 16.1. The predicted octanol–water partition coefficient (Wildman–Crippen LogP) is 0.166. The Morgan fingerprint density at radius 2 is 1.90 bits per heavy atom. The highest BCUT2D eigenvalue weighted by molar-refractivity contribution is 5.85. The van der Waals surface area contributed by atoms with Crippen molar-refractivity contribution in [1.29, 1.82) is 0 Å². The molecule has 6 nitrogen and oxygen atoms in total. The number of rotatable bonds is 7. The van der Waals surface area contributed by atoms with Gasteiger partial charge in [0.1, 0.15) is 0 Å². The Balaban J connectivity index is 2.61. The zero-order valence-electron chi connectivity index (χ0n) is 11.8. The zero-order chi connectivity index (χ0) is 15.1. The summed E-state index contributed by atoms with van der Waals surface area (Å²) in [7, 11) is 3.94. The first-order valence-electron chi connectivity index (χ1n) is 6.36. The second-order valence-electron chi connectivity index (χ2n) is 4.93. The van der Waals surface area contributed by atoms with Gasteiger partial charge in [0, 0.05) is 13.1 Å². The third kappa shape index (κ3) is 5.38. The maximum Gasteiger partial charge on any atom is 0.305 e. The molecule has 0 saturated heterocycles. The van der Waals surface area contributed by atoms with E-state index in [-0.39, 0.29) is 6.42 Å². The summed E-state index contributed by atoms with van der Waals surface area (Å²) in [4.78, 5) is 24.2. The van der Waals surface area contributed by atoms with Crippen molar-refractivity contribution in [3.05, 3.63) is 35.4 Å². The van der Waals surface area contributed by atoms with E-state index in [9.17, 15) is 9.59 Å². The predicted molar refractivity (Wildman–Crippen MR) is 75.9 cm³/mol. The van der Waals surface area contributed by atoms with Crippen LogP contribution in [-0.4, -0.2) is 42.0 Å². The Labute approximate surface area is 118 Å². The molecule has 0 aliphatic heterocycles. The number of amides is 1. The van der Waals surface area contributed by atoms with Gasteiger partial charge in [-0.1, -0.05) is 24.3 Å². The highest BCUT2D eigenvalue weighted by Crippen LogP contribution is 2.10. The molecule has 0 aliphatic carbocycles. The van der Waals surface area contributed by atoms with Gasteiger partial charge in [-0.15, -0.1) is 0 Å². The summed E-state index contributed by atoms with van der Waals surface area (Å²) in [5.41, 5.74) is 7.61. The SMILES string of the molecule is CN(C)Cc1ccccc1CNC(=O)C(N)CC(=O)O. The Morgan fingerprint density at radius 1 is 1.30 bits per heavy atom. The van der Waals surface area contributed by atoms with E-state index < -0.39 is 17.9 Å². The number of carbonyl (C=O) groups excluding carboxylic acids is 1. The van der Waals surface area contributed by atoms with E-state index in [1.807, 2.05) is 43.3 Å². The van der Waals surface area contributed by atoms with Gasteiger partial charge in [0.05, 0.1) is 12.5 Å². The van der Waals surface area contributed by atoms with Gasteiger partial charge >= 0.3 is 5.97 Å². The Kier molecular flexibility index (Phi) is 6.14. The number of nitrogens with zero attached hydrogens (tertiary/aromatic N) is 1. The van der Waals surface area contributed by atoms with E-state index in [0.29, 0.717) is 6.54 Å². The average molecular weight is 279 g/mol. The van der Waals surface area contributed by atoms with Gasteiger partial charge in [-0.05, 0) is 25.2 Å². The lowest BCUT2D eigenvalue weighted by atomic mass is 10.1. The van der Waals surface area contributed by atoms with Crippen LogP contribution in [0.5, 0.6) is 0 Å². The molecule has 6 heteroatoms. The van der Waals surface area contributed by atoms with Crippen LogP contribution in [0.25, 0.3) is 0 Å². The molecule has 0 spiro atoms. The van der Waals surface area contributed by atoms with Gasteiger partial charge in [-0.2, -0.15) is 0 Å². The number of nitrogens with two attached hydrogens (primary N) is 1. The molecule has 4 N–H and O–H groups in total. The summed E-state index contributed by atoms with van der Waals surface area (Å²) in [6.45, 7) is 1.11. The minimum absolute atomic E-state index is 0.343. The monoisotopic (exact) mass is 279 g/mol. The van der Waals surface area contributed by atoms with Crippen molar-refractivity contribution in [1.82, 2.24) is 10.2 Å². The van der Waals surface area contributed by atoms with Crippen molar-refractivity contribution in [2.24, 2.45) is 5.73 Å². The lowest BCUT2D eigenvalue weighted by Crippen LogP contribution is -2.41. The van der Waals surface area contributed by atoms with Gasteiger partial charge in [0.15, 0.2) is 0 Å². The van der Waals surface area contributed by atoms with Gasteiger partial charge in [0.25, 0.3) is 0 Å². The first-order chi connectivity index (χ1) is 9.40. The van der Waals surface area contributed by atoms with Crippen molar-refractivity contribution in [2.45, 2.75) is 25.6 Å². The van der Waals surface area contributed by atoms with Crippen LogP contribution in [0, 0.1) is 0 Å². The van der Waals surface area contributed by atoms with Gasteiger partial charge in [0.2, 0.25) is 5.91 Å². The maximum absolute atomic E-state index is 11.7. The average Bonchev–Trinajstić information content (AvgIpc) is 2.35. The van der Waals surface area contributed by atoms with Crippen LogP contribution < -0.4 is 11.1 Å². The molecule has 0 heterocycles. The largest absolute Gasteiger partial charge is 0.481 e. The van der Waals surface area contributed by atoms with E-state index >= 15 is 0 Å². The van der Waals surface area contributed by atoms with Crippen LogP contribution in [0.1, 0.15) is 17.5 Å². The molecule has 1 rings (SSSR count). The number of benzene rings is 1. The number of hydrogen-bond donors (Lipinski definition) is 3. The van der Waals surface area contributed by atoms with Crippen LogP contribution in [0.3, 0.4) is 0 Å². The molecule has 20 heavy (non-hydrogen) atoms. The van der Waals surface area contributed by atoms with E-state index in [0.717, 1.165) is 17.7 Å². The number of carbonyl (C=O) groups is 2. The summed E-state index contributed by atoms with van der Waals surface area (Å²) in [5, 5.41) is 11.3. The topological polar surface area (TPSA) is 95.7 Å². The molecule has 1 atom stereocenters. The summed E-state index contributed by atoms with van der Waals surface area (Å²) in [6, 6.07) is 6.76. The fourth-order valence-electron chi connectivity index (χ4n) is 1.82. The van der Waals surface area contributed by atoms with Gasteiger partial charge < -0.3 is 21.1 Å². The van der Waals surface area contributed by atoms with Crippen LogP contribution >= 0.6 is 0 Å². The Hall–Kier alpha value is -1.92. The molecule has 0 radical (unpaired) electrons. The minimum Gasteiger partial charge on any atom is -0.481 e.